The van der Waals surface area contributed by atoms with Gasteiger partial charge in [0.1, 0.15) is 5.82 Å². The fourth-order valence-electron chi connectivity index (χ4n) is 10.4. The van der Waals surface area contributed by atoms with E-state index in [4.69, 9.17) is 4.98 Å². The molecule has 0 aliphatic carbocycles. The van der Waals surface area contributed by atoms with Gasteiger partial charge in [0.15, 0.2) is 5.82 Å². The van der Waals surface area contributed by atoms with Crippen LogP contribution in [-0.4, -0.2) is 34.9 Å². The maximum Gasteiger partial charge on any atom is 0.160 e. The lowest BCUT2D eigenvalue weighted by Gasteiger charge is -2.08. The minimum Gasteiger partial charge on any atom is -0.255 e. The minimum absolute atomic E-state index is 0.793. The Hall–Kier alpha value is -10.9. The van der Waals surface area contributed by atoms with Crippen molar-refractivity contribution < 1.29 is 0 Å². The second-order valence-corrected chi connectivity index (χ2v) is 20.6. The summed E-state index contributed by atoms with van der Waals surface area (Å²) >= 11 is 0. The molecule has 0 fully saturated rings. The normalized spacial score (nSPS) is 10.6. The number of rotatable bonds is 5. The highest BCUT2D eigenvalue weighted by Crippen LogP contribution is 2.31. The van der Waals surface area contributed by atoms with Crippen molar-refractivity contribution in [2.24, 2.45) is 0 Å². The lowest BCUT2D eigenvalue weighted by molar-refractivity contribution is 1.10. The van der Waals surface area contributed by atoms with Gasteiger partial charge in [-0.25, -0.2) is 24.9 Å². The molecule has 10 aromatic carbocycles. The molecule has 0 N–H and O–H groups in total. The summed E-state index contributed by atoms with van der Waals surface area (Å²) in [6.07, 6.45) is 1.95. The highest BCUT2D eigenvalue weighted by molar-refractivity contribution is 5.95. The van der Waals surface area contributed by atoms with Gasteiger partial charge in [-0.2, -0.15) is 0 Å². The van der Waals surface area contributed by atoms with Crippen LogP contribution in [0.25, 0.3) is 111 Å². The van der Waals surface area contributed by atoms with Gasteiger partial charge in [-0.05, 0) is 98.7 Å². The molecule has 85 heavy (non-hydrogen) atoms. The maximum atomic E-state index is 4.71. The SMILES string of the molecule is Cc1c(-c2ccccc2)ncc2ccccc12.Cc1cc(-c2ccccc2)c2ccccc2n1.Cc1cc(-c2ccccc2)nc2ccccc12.Cc1nc(-c2ccccc2)c2ccccc2n1.Cc1nc(-c2ccccc2)nc2ccccc12. The number of aromatic nitrogens is 7. The lowest BCUT2D eigenvalue weighted by Crippen LogP contribution is -1.93. The van der Waals surface area contributed by atoms with E-state index in [1.807, 2.05) is 173 Å². The van der Waals surface area contributed by atoms with Crippen molar-refractivity contribution in [3.8, 4) is 56.3 Å². The fraction of sp³-hybridized carbons (Fsp3) is 0.0641. The number of hydrogen-bond acceptors (Lipinski definition) is 7. The summed E-state index contributed by atoms with van der Waals surface area (Å²) in [5.41, 5.74) is 18.9. The molecule has 0 radical (unpaired) electrons. The fourth-order valence-corrected chi connectivity index (χ4v) is 10.4. The molecule has 5 heterocycles. The third-order valence-electron chi connectivity index (χ3n) is 14.6. The standard InChI is InChI=1S/3C16H13N.2C15H12N2/c1-12-15-10-6-5-9-14(15)11-17-16(12)13-7-3-2-4-8-13;1-12-11-15(13-7-3-2-4-8-13)14-9-5-6-10-16(14)17-12;1-12-11-16(13-7-3-2-4-8-13)17-15-10-6-5-9-14(12)15;1-11-16-14-10-6-5-9-13(14)15(17-11)12-7-3-2-4-8-12;1-11-13-9-5-6-10-14(13)17-15(16-11)12-7-3-2-4-8-12/h3*2-11H,1H3;2*2-10H,1H3. The van der Waals surface area contributed by atoms with Crippen molar-refractivity contribution in [2.75, 3.05) is 0 Å². The molecule has 15 aromatic rings. The Bertz CT molecular complexity index is 4440. The summed E-state index contributed by atoms with van der Waals surface area (Å²) in [5.74, 6) is 1.60. The smallest absolute Gasteiger partial charge is 0.160 e. The number of hydrogen-bond donors (Lipinski definition) is 0. The Kier molecular flexibility index (Phi) is 17.7. The van der Waals surface area contributed by atoms with Gasteiger partial charge in [0.2, 0.25) is 0 Å². The summed E-state index contributed by atoms with van der Waals surface area (Å²) in [7, 11) is 0. The number of fused-ring (bicyclic) bond motifs is 5. The van der Waals surface area contributed by atoms with E-state index in [2.05, 4.69) is 183 Å². The number of benzene rings is 10. The first-order chi connectivity index (χ1) is 41.7. The van der Waals surface area contributed by atoms with Crippen LogP contribution >= 0.6 is 0 Å². The largest absolute Gasteiger partial charge is 0.255 e. The van der Waals surface area contributed by atoms with Crippen LogP contribution in [0.2, 0.25) is 0 Å². The first-order valence-corrected chi connectivity index (χ1v) is 28.5. The Morgan fingerprint density at radius 2 is 0.718 bits per heavy atom. The van der Waals surface area contributed by atoms with Gasteiger partial charge in [0.25, 0.3) is 0 Å². The van der Waals surface area contributed by atoms with E-state index in [0.29, 0.717) is 0 Å². The quantitative estimate of drug-likeness (QED) is 0.170. The molecule has 7 heteroatoms. The molecule has 0 saturated carbocycles. The minimum atomic E-state index is 0.793. The van der Waals surface area contributed by atoms with E-state index >= 15 is 0 Å². The van der Waals surface area contributed by atoms with Gasteiger partial charge in [0, 0.05) is 66.8 Å². The van der Waals surface area contributed by atoms with Crippen molar-refractivity contribution in [3.63, 3.8) is 0 Å². The third-order valence-corrected chi connectivity index (χ3v) is 14.6. The van der Waals surface area contributed by atoms with E-state index < -0.39 is 0 Å². The second kappa shape index (κ2) is 26.8. The maximum absolute atomic E-state index is 4.71. The molecule has 5 aromatic heterocycles. The first-order valence-electron chi connectivity index (χ1n) is 28.5. The van der Waals surface area contributed by atoms with E-state index in [9.17, 15) is 0 Å². The van der Waals surface area contributed by atoms with Crippen molar-refractivity contribution in [1.82, 2.24) is 34.9 Å². The molecule has 0 spiro atoms. The zero-order valence-corrected chi connectivity index (χ0v) is 48.3. The van der Waals surface area contributed by atoms with Crippen molar-refractivity contribution in [1.29, 1.82) is 0 Å². The predicted octanol–water partition coefficient (Wildman–Crippen LogP) is 19.8. The summed E-state index contributed by atoms with van der Waals surface area (Å²) in [6, 6.07) is 96.8. The molecule has 410 valence electrons. The lowest BCUT2D eigenvalue weighted by atomic mass is 10.0. The number of pyridine rings is 3. The molecule has 0 bridgehead atoms. The first kappa shape index (κ1) is 56.0. The van der Waals surface area contributed by atoms with Gasteiger partial charge in [-0.3, -0.25) is 9.97 Å². The second-order valence-electron chi connectivity index (χ2n) is 20.6. The molecular weight excluding hydrogens is 1030 g/mol. The van der Waals surface area contributed by atoms with E-state index in [1.165, 1.54) is 54.9 Å². The number of aryl methyl sites for hydroxylation is 5. The van der Waals surface area contributed by atoms with Crippen LogP contribution in [0.5, 0.6) is 0 Å². The van der Waals surface area contributed by atoms with Crippen molar-refractivity contribution in [3.05, 3.63) is 320 Å². The zero-order chi connectivity index (χ0) is 58.3. The molecule has 0 amide bonds. The highest BCUT2D eigenvalue weighted by atomic mass is 14.9. The van der Waals surface area contributed by atoms with Crippen LogP contribution in [0.15, 0.2) is 291 Å². The van der Waals surface area contributed by atoms with Gasteiger partial charge in [-0.15, -0.1) is 0 Å². The monoisotopic (exact) mass is 1100 g/mol. The van der Waals surface area contributed by atoms with Gasteiger partial charge >= 0.3 is 0 Å². The van der Waals surface area contributed by atoms with Crippen LogP contribution in [-0.2, 0) is 0 Å². The summed E-state index contributed by atoms with van der Waals surface area (Å²) in [6.45, 7) is 10.3. The van der Waals surface area contributed by atoms with Crippen LogP contribution in [0.4, 0.5) is 0 Å². The molecule has 0 saturated heterocycles. The molecule has 0 aliphatic rings. The van der Waals surface area contributed by atoms with Crippen LogP contribution in [0.3, 0.4) is 0 Å². The average Bonchev–Trinajstić information content (AvgIpc) is 3.62. The van der Waals surface area contributed by atoms with E-state index in [0.717, 1.165) is 84.1 Å². The average molecular weight is 1100 g/mol. The Labute approximate surface area is 497 Å². The van der Waals surface area contributed by atoms with Gasteiger partial charge in [-0.1, -0.05) is 249 Å². The number of nitrogens with zero attached hydrogens (tertiary/aromatic N) is 7. The topological polar surface area (TPSA) is 90.2 Å². The van der Waals surface area contributed by atoms with Crippen LogP contribution in [0.1, 0.15) is 28.3 Å². The van der Waals surface area contributed by atoms with Gasteiger partial charge in [0.05, 0.1) is 39.1 Å². The molecule has 0 unspecified atom stereocenters. The number of para-hydroxylation sites is 4. The van der Waals surface area contributed by atoms with E-state index in [1.54, 1.807) is 0 Å². The molecular formula is C78H63N7. The highest BCUT2D eigenvalue weighted by Gasteiger charge is 2.10. The van der Waals surface area contributed by atoms with Crippen LogP contribution < -0.4 is 0 Å². The third kappa shape index (κ3) is 13.6. The van der Waals surface area contributed by atoms with Gasteiger partial charge < -0.3 is 0 Å². The predicted molar refractivity (Wildman–Crippen MR) is 355 cm³/mol. The van der Waals surface area contributed by atoms with Crippen molar-refractivity contribution >= 4 is 54.4 Å². The molecule has 7 nitrogen and oxygen atoms in total. The summed E-state index contributed by atoms with van der Waals surface area (Å²) in [5, 5.41) is 7.14. The molecule has 0 aliphatic heterocycles. The Balaban J connectivity index is 0.000000111. The van der Waals surface area contributed by atoms with E-state index in [-0.39, 0.29) is 0 Å². The summed E-state index contributed by atoms with van der Waals surface area (Å²) < 4.78 is 0. The summed E-state index contributed by atoms with van der Waals surface area (Å²) in [4.78, 5) is 32.0. The van der Waals surface area contributed by atoms with Crippen LogP contribution in [0, 0.1) is 34.6 Å². The molecule has 0 atom stereocenters. The molecule has 15 rings (SSSR count). The Morgan fingerprint density at radius 3 is 1.32 bits per heavy atom. The zero-order valence-electron chi connectivity index (χ0n) is 48.3. The van der Waals surface area contributed by atoms with Crippen molar-refractivity contribution in [2.45, 2.75) is 34.6 Å². The Morgan fingerprint density at radius 1 is 0.282 bits per heavy atom.